The van der Waals surface area contributed by atoms with Crippen LogP contribution in [0.5, 0.6) is 5.75 Å². The summed E-state index contributed by atoms with van der Waals surface area (Å²) in [7, 11) is 0. The first-order chi connectivity index (χ1) is 17.0. The average Bonchev–Trinajstić information content (AvgIpc) is 3.45. The van der Waals surface area contributed by atoms with Crippen molar-refractivity contribution in [1.29, 1.82) is 5.41 Å². The van der Waals surface area contributed by atoms with E-state index in [4.69, 9.17) is 10.1 Å². The Kier molecular flexibility index (Phi) is 5.80. The molecule has 0 bridgehead atoms. The van der Waals surface area contributed by atoms with Crippen molar-refractivity contribution >= 4 is 17.8 Å². The lowest BCUT2D eigenvalue weighted by Gasteiger charge is -2.42. The summed E-state index contributed by atoms with van der Waals surface area (Å²) in [6.07, 6.45) is 4.37. The van der Waals surface area contributed by atoms with Crippen molar-refractivity contribution < 1.29 is 14.3 Å². The van der Waals surface area contributed by atoms with E-state index in [1.165, 1.54) is 4.90 Å². The second kappa shape index (κ2) is 8.61. The van der Waals surface area contributed by atoms with Crippen LogP contribution in [0.25, 0.3) is 0 Å². The molecule has 1 saturated carbocycles. The molecular formula is C28H35N5O3. The zero-order valence-electron chi connectivity index (χ0n) is 21.5. The number of guanidine groups is 1. The quantitative estimate of drug-likeness (QED) is 0.589. The molecule has 3 N–H and O–H groups in total. The van der Waals surface area contributed by atoms with E-state index in [0.717, 1.165) is 16.9 Å². The van der Waals surface area contributed by atoms with Gasteiger partial charge in [-0.3, -0.25) is 24.9 Å². The Labute approximate surface area is 212 Å². The maximum absolute atomic E-state index is 13.7. The molecule has 2 aliphatic heterocycles. The van der Waals surface area contributed by atoms with Crippen LogP contribution in [0.1, 0.15) is 70.7 Å². The molecule has 2 amide bonds. The number of nitrogens with one attached hydrogen (secondary N) is 3. The summed E-state index contributed by atoms with van der Waals surface area (Å²) < 4.78 is 6.13. The molecule has 8 nitrogen and oxygen atoms in total. The largest absolute Gasteiger partial charge is 0.487 e. The number of carbonyl (C=O) groups excluding carboxylic acids is 2. The molecule has 3 heterocycles. The summed E-state index contributed by atoms with van der Waals surface area (Å²) in [4.78, 5) is 32.8. The number of hydrogen-bond donors (Lipinski definition) is 3. The molecule has 1 aromatic heterocycles. The molecule has 8 heteroatoms. The zero-order chi connectivity index (χ0) is 25.8. The fraction of sp³-hybridized carbons (Fsp3) is 0.500. The Morgan fingerprint density at radius 2 is 1.97 bits per heavy atom. The number of pyridine rings is 1. The minimum atomic E-state index is -0.487. The van der Waals surface area contributed by atoms with Gasteiger partial charge < -0.3 is 15.4 Å². The van der Waals surface area contributed by atoms with E-state index in [9.17, 15) is 9.59 Å². The van der Waals surface area contributed by atoms with Crippen molar-refractivity contribution in [3.05, 3.63) is 59.9 Å². The normalized spacial score (nSPS) is 28.9. The fourth-order valence-corrected chi connectivity index (χ4v) is 5.99. The lowest BCUT2D eigenvalue weighted by atomic mass is 9.89. The predicted octanol–water partition coefficient (Wildman–Crippen LogP) is 3.96. The lowest BCUT2D eigenvalue weighted by Crippen LogP contribution is -2.60. The van der Waals surface area contributed by atoms with Crippen molar-refractivity contribution in [3.63, 3.8) is 0 Å². The van der Waals surface area contributed by atoms with Gasteiger partial charge in [0.1, 0.15) is 11.4 Å². The Hall–Kier alpha value is -3.42. The van der Waals surface area contributed by atoms with Crippen LogP contribution in [0.15, 0.2) is 48.8 Å². The number of carbonyl (C=O) groups is 2. The van der Waals surface area contributed by atoms with Gasteiger partial charge in [0.05, 0.1) is 12.1 Å². The van der Waals surface area contributed by atoms with Crippen molar-refractivity contribution in [2.24, 2.45) is 17.8 Å². The van der Waals surface area contributed by atoms with E-state index in [1.54, 1.807) is 12.4 Å². The third kappa shape index (κ3) is 4.45. The van der Waals surface area contributed by atoms with Crippen LogP contribution in [0.2, 0.25) is 0 Å². The Morgan fingerprint density at radius 3 is 2.67 bits per heavy atom. The molecular weight excluding hydrogens is 454 g/mol. The average molecular weight is 490 g/mol. The van der Waals surface area contributed by atoms with E-state index in [1.807, 2.05) is 64.1 Å². The van der Waals surface area contributed by atoms with Crippen LogP contribution >= 0.6 is 0 Å². The first kappa shape index (κ1) is 24.3. The standard InChI is InChI=1S/C28H35N5O3/c1-16-22(23(16)25(35)31-19-13-28(4,5)36-20-11-7-6-10-18(19)20)24(17-9-8-12-30-15-17)33-21(34)14-27(2,3)32-26(33)29/h6-12,15-16,19,22-24H,13-14H2,1-5H3,(H2,29,32)(H,31,35)/t16?,19-,22?,23+,24-/m0/s1. The Morgan fingerprint density at radius 1 is 1.22 bits per heavy atom. The third-order valence-corrected chi connectivity index (χ3v) is 7.67. The smallest absolute Gasteiger partial charge is 0.232 e. The molecule has 5 rings (SSSR count). The van der Waals surface area contributed by atoms with Crippen LogP contribution in [-0.2, 0) is 9.59 Å². The highest BCUT2D eigenvalue weighted by atomic mass is 16.5. The predicted molar refractivity (Wildman–Crippen MR) is 136 cm³/mol. The van der Waals surface area contributed by atoms with Crippen LogP contribution in [0.3, 0.4) is 0 Å². The van der Waals surface area contributed by atoms with E-state index in [-0.39, 0.29) is 48.0 Å². The number of benzene rings is 1. The summed E-state index contributed by atoms with van der Waals surface area (Å²) in [5.74, 6) is 0.388. The molecule has 1 aromatic carbocycles. The monoisotopic (exact) mass is 489 g/mol. The SMILES string of the molecule is CC1C([C@H](c2cccnc2)N2C(=N)NC(C)(C)CC2=O)[C@@H]1C(=O)N[C@H]1CC(C)(C)Oc2ccccc21. The van der Waals surface area contributed by atoms with Crippen molar-refractivity contribution in [2.45, 2.75) is 70.7 Å². The van der Waals surface area contributed by atoms with Gasteiger partial charge in [-0.15, -0.1) is 0 Å². The van der Waals surface area contributed by atoms with Gasteiger partial charge in [-0.25, -0.2) is 0 Å². The molecule has 2 unspecified atom stereocenters. The van der Waals surface area contributed by atoms with Gasteiger partial charge in [0, 0.05) is 42.3 Å². The Balaban J connectivity index is 1.41. The van der Waals surface area contributed by atoms with E-state index >= 15 is 0 Å². The summed E-state index contributed by atoms with van der Waals surface area (Å²) in [5, 5.41) is 15.1. The minimum absolute atomic E-state index is 0.0248. The van der Waals surface area contributed by atoms with Gasteiger partial charge in [0.15, 0.2) is 5.96 Å². The second-order valence-electron chi connectivity index (χ2n) is 11.7. The molecule has 36 heavy (non-hydrogen) atoms. The number of aromatic nitrogens is 1. The molecule has 3 aliphatic rings. The van der Waals surface area contributed by atoms with Gasteiger partial charge in [0.25, 0.3) is 0 Å². The van der Waals surface area contributed by atoms with E-state index in [2.05, 4.69) is 22.5 Å². The summed E-state index contributed by atoms with van der Waals surface area (Å²) >= 11 is 0. The first-order valence-corrected chi connectivity index (χ1v) is 12.6. The number of nitrogens with zero attached hydrogens (tertiary/aromatic N) is 2. The molecule has 190 valence electrons. The first-order valence-electron chi connectivity index (χ1n) is 12.6. The number of para-hydroxylation sites is 1. The highest BCUT2D eigenvalue weighted by molar-refractivity contribution is 5.99. The molecule has 2 fully saturated rings. The fourth-order valence-electron chi connectivity index (χ4n) is 5.99. The Bertz CT molecular complexity index is 1170. The molecule has 0 radical (unpaired) electrons. The molecule has 1 saturated heterocycles. The summed E-state index contributed by atoms with van der Waals surface area (Å²) in [5.41, 5.74) is 0.937. The maximum atomic E-state index is 13.7. The second-order valence-corrected chi connectivity index (χ2v) is 11.7. The number of rotatable bonds is 5. The third-order valence-electron chi connectivity index (χ3n) is 7.67. The van der Waals surface area contributed by atoms with Crippen LogP contribution < -0.4 is 15.4 Å². The minimum Gasteiger partial charge on any atom is -0.487 e. The molecule has 5 atom stereocenters. The number of fused-ring (bicyclic) bond motifs is 1. The van der Waals surface area contributed by atoms with Gasteiger partial charge in [0.2, 0.25) is 11.8 Å². The van der Waals surface area contributed by atoms with Gasteiger partial charge in [-0.05, 0) is 57.2 Å². The van der Waals surface area contributed by atoms with Crippen LogP contribution in [0, 0.1) is 23.2 Å². The maximum Gasteiger partial charge on any atom is 0.232 e. The molecule has 0 spiro atoms. The van der Waals surface area contributed by atoms with Crippen LogP contribution in [-0.4, -0.2) is 38.8 Å². The van der Waals surface area contributed by atoms with Crippen molar-refractivity contribution in [2.75, 3.05) is 0 Å². The van der Waals surface area contributed by atoms with E-state index in [0.29, 0.717) is 6.42 Å². The van der Waals surface area contributed by atoms with Gasteiger partial charge in [-0.1, -0.05) is 31.2 Å². The number of ether oxygens (including phenoxy) is 1. The summed E-state index contributed by atoms with van der Waals surface area (Å²) in [6, 6.07) is 11.0. The zero-order valence-corrected chi connectivity index (χ0v) is 21.5. The van der Waals surface area contributed by atoms with E-state index < -0.39 is 17.2 Å². The number of amides is 2. The van der Waals surface area contributed by atoms with Crippen molar-refractivity contribution in [1.82, 2.24) is 20.5 Å². The van der Waals surface area contributed by atoms with Crippen LogP contribution in [0.4, 0.5) is 0 Å². The lowest BCUT2D eigenvalue weighted by molar-refractivity contribution is -0.133. The van der Waals surface area contributed by atoms with Gasteiger partial charge in [-0.2, -0.15) is 0 Å². The number of hydrogen-bond acceptors (Lipinski definition) is 5. The molecule has 2 aromatic rings. The van der Waals surface area contributed by atoms with Gasteiger partial charge >= 0.3 is 0 Å². The highest BCUT2D eigenvalue weighted by Crippen LogP contribution is 2.56. The molecule has 1 aliphatic carbocycles. The highest BCUT2D eigenvalue weighted by Gasteiger charge is 2.59. The summed E-state index contributed by atoms with van der Waals surface area (Å²) in [6.45, 7) is 9.95. The van der Waals surface area contributed by atoms with Crippen molar-refractivity contribution in [3.8, 4) is 5.75 Å². The topological polar surface area (TPSA) is 107 Å².